The first kappa shape index (κ1) is 10.3. The molecule has 3 rings (SSSR count). The van der Waals surface area contributed by atoms with E-state index in [0.717, 1.165) is 18.5 Å². The second-order valence-electron chi connectivity index (χ2n) is 5.22. The summed E-state index contributed by atoms with van der Waals surface area (Å²) in [6.07, 6.45) is 3.81. The van der Waals surface area contributed by atoms with Gasteiger partial charge in [-0.05, 0) is 31.4 Å². The van der Waals surface area contributed by atoms with Gasteiger partial charge in [0, 0.05) is 24.5 Å². The molecule has 0 radical (unpaired) electrons. The van der Waals surface area contributed by atoms with E-state index in [0.29, 0.717) is 6.04 Å². The Hall–Kier alpha value is -0.860. The van der Waals surface area contributed by atoms with E-state index in [1.807, 2.05) is 0 Å². The third-order valence-corrected chi connectivity index (χ3v) is 3.94. The van der Waals surface area contributed by atoms with Gasteiger partial charge in [-0.3, -0.25) is 4.90 Å². The van der Waals surface area contributed by atoms with Crippen molar-refractivity contribution in [3.63, 3.8) is 0 Å². The largest absolute Gasteiger partial charge is 0.327 e. The lowest BCUT2D eigenvalue weighted by molar-refractivity contribution is 0.197. The first-order valence-corrected chi connectivity index (χ1v) is 6.39. The highest BCUT2D eigenvalue weighted by molar-refractivity contribution is 5.27. The van der Waals surface area contributed by atoms with Crippen molar-refractivity contribution in [3.05, 3.63) is 35.9 Å². The summed E-state index contributed by atoms with van der Waals surface area (Å²) in [5, 5.41) is 0. The van der Waals surface area contributed by atoms with Crippen LogP contribution in [-0.4, -0.2) is 30.1 Å². The molecule has 1 aromatic rings. The van der Waals surface area contributed by atoms with Crippen LogP contribution in [0.15, 0.2) is 30.3 Å². The first-order valence-electron chi connectivity index (χ1n) is 6.39. The Kier molecular flexibility index (Phi) is 2.70. The van der Waals surface area contributed by atoms with E-state index in [1.54, 1.807) is 0 Å². The maximum absolute atomic E-state index is 6.03. The van der Waals surface area contributed by atoms with Crippen LogP contribution in [0.4, 0.5) is 0 Å². The fraction of sp³-hybridized carbons (Fsp3) is 0.571. The number of hydrogen-bond donors (Lipinski definition) is 1. The number of rotatable bonds is 2. The van der Waals surface area contributed by atoms with Crippen LogP contribution in [0.5, 0.6) is 0 Å². The minimum absolute atomic E-state index is 0.408. The highest BCUT2D eigenvalue weighted by atomic mass is 15.2. The van der Waals surface area contributed by atoms with Crippen LogP contribution in [0.3, 0.4) is 0 Å². The van der Waals surface area contributed by atoms with Crippen LogP contribution in [-0.2, 0) is 0 Å². The summed E-state index contributed by atoms with van der Waals surface area (Å²) in [6, 6.07) is 12.1. The molecule has 1 aliphatic heterocycles. The molecule has 0 bridgehead atoms. The van der Waals surface area contributed by atoms with Crippen molar-refractivity contribution >= 4 is 0 Å². The van der Waals surface area contributed by atoms with E-state index < -0.39 is 0 Å². The van der Waals surface area contributed by atoms with Crippen LogP contribution in [0.2, 0.25) is 0 Å². The van der Waals surface area contributed by atoms with Gasteiger partial charge in [0.1, 0.15) is 0 Å². The Morgan fingerprint density at radius 2 is 2.00 bits per heavy atom. The number of hydrogen-bond acceptors (Lipinski definition) is 2. The van der Waals surface area contributed by atoms with Gasteiger partial charge in [-0.2, -0.15) is 0 Å². The lowest BCUT2D eigenvalue weighted by Crippen LogP contribution is -2.44. The molecule has 1 aromatic carbocycles. The topological polar surface area (TPSA) is 29.3 Å². The molecule has 1 saturated heterocycles. The third-order valence-electron chi connectivity index (χ3n) is 3.94. The molecule has 0 amide bonds. The molecule has 1 saturated carbocycles. The predicted octanol–water partition coefficient (Wildman–Crippen LogP) is 1.97. The average Bonchev–Trinajstić information content (AvgIpc) is 3.10. The van der Waals surface area contributed by atoms with E-state index >= 15 is 0 Å². The molecule has 0 spiro atoms. The molecular formula is C14H20N2. The number of piperidine rings is 1. The fourth-order valence-electron chi connectivity index (χ4n) is 2.99. The minimum Gasteiger partial charge on any atom is -0.327 e. The lowest BCUT2D eigenvalue weighted by Gasteiger charge is -2.31. The molecule has 2 nitrogen and oxygen atoms in total. The Labute approximate surface area is 97.4 Å². The van der Waals surface area contributed by atoms with Gasteiger partial charge in [0.15, 0.2) is 0 Å². The van der Waals surface area contributed by atoms with Gasteiger partial charge in [-0.25, -0.2) is 0 Å². The summed E-state index contributed by atoms with van der Waals surface area (Å²) < 4.78 is 0. The van der Waals surface area contributed by atoms with Gasteiger partial charge in [-0.15, -0.1) is 0 Å². The van der Waals surface area contributed by atoms with Crippen LogP contribution in [0, 0.1) is 0 Å². The minimum atomic E-state index is 0.408. The number of likely N-dealkylation sites (tertiary alicyclic amines) is 1. The van der Waals surface area contributed by atoms with Gasteiger partial charge in [-0.1, -0.05) is 30.3 Å². The number of nitrogens with two attached hydrogens (primary N) is 1. The van der Waals surface area contributed by atoms with Crippen LogP contribution in [0.25, 0.3) is 0 Å². The van der Waals surface area contributed by atoms with Crippen molar-refractivity contribution in [1.82, 2.24) is 4.90 Å². The predicted molar refractivity (Wildman–Crippen MR) is 66.4 cm³/mol. The summed E-state index contributed by atoms with van der Waals surface area (Å²) in [7, 11) is 0. The highest BCUT2D eigenvalue weighted by Gasteiger charge is 2.43. The van der Waals surface area contributed by atoms with E-state index in [1.165, 1.54) is 31.4 Å². The SMILES string of the molecule is NC1CCCN(C2CC2c2ccccc2)C1. The second-order valence-corrected chi connectivity index (χ2v) is 5.22. The van der Waals surface area contributed by atoms with E-state index in [4.69, 9.17) is 5.73 Å². The fourth-order valence-corrected chi connectivity index (χ4v) is 2.99. The highest BCUT2D eigenvalue weighted by Crippen LogP contribution is 2.45. The molecule has 3 unspecified atom stereocenters. The van der Waals surface area contributed by atoms with Gasteiger partial charge in [0.2, 0.25) is 0 Å². The summed E-state index contributed by atoms with van der Waals surface area (Å²) >= 11 is 0. The lowest BCUT2D eigenvalue weighted by atomic mass is 10.1. The molecule has 1 aliphatic carbocycles. The Bertz CT molecular complexity index is 349. The van der Waals surface area contributed by atoms with Crippen LogP contribution >= 0.6 is 0 Å². The standard InChI is InChI=1S/C14H20N2/c15-12-7-4-8-16(10-12)14-9-13(14)11-5-2-1-3-6-11/h1-3,5-6,12-14H,4,7-10,15H2. The molecule has 2 aliphatic rings. The van der Waals surface area contributed by atoms with Gasteiger partial charge in [0.05, 0.1) is 0 Å². The average molecular weight is 216 g/mol. The van der Waals surface area contributed by atoms with Crippen molar-refractivity contribution in [3.8, 4) is 0 Å². The molecule has 2 N–H and O–H groups in total. The summed E-state index contributed by atoms with van der Waals surface area (Å²) in [5.74, 6) is 0.770. The van der Waals surface area contributed by atoms with Gasteiger partial charge in [0.25, 0.3) is 0 Å². The molecule has 3 atom stereocenters. The smallest absolute Gasteiger partial charge is 0.0172 e. The summed E-state index contributed by atoms with van der Waals surface area (Å²) in [5.41, 5.74) is 7.54. The quantitative estimate of drug-likeness (QED) is 0.819. The van der Waals surface area contributed by atoms with Crippen molar-refractivity contribution in [1.29, 1.82) is 0 Å². The Morgan fingerprint density at radius 1 is 1.19 bits per heavy atom. The van der Waals surface area contributed by atoms with Crippen LogP contribution < -0.4 is 5.73 Å². The van der Waals surface area contributed by atoms with Crippen LogP contribution in [0.1, 0.15) is 30.7 Å². The molecular weight excluding hydrogens is 196 g/mol. The second kappa shape index (κ2) is 4.19. The Morgan fingerprint density at radius 3 is 2.75 bits per heavy atom. The van der Waals surface area contributed by atoms with E-state index in [-0.39, 0.29) is 0 Å². The van der Waals surface area contributed by atoms with Crippen molar-refractivity contribution in [2.75, 3.05) is 13.1 Å². The number of nitrogens with zero attached hydrogens (tertiary/aromatic N) is 1. The zero-order chi connectivity index (χ0) is 11.0. The Balaban J connectivity index is 1.63. The first-order chi connectivity index (χ1) is 7.84. The molecule has 2 fully saturated rings. The van der Waals surface area contributed by atoms with Crippen molar-refractivity contribution < 1.29 is 0 Å². The third kappa shape index (κ3) is 2.00. The van der Waals surface area contributed by atoms with Gasteiger partial charge >= 0.3 is 0 Å². The van der Waals surface area contributed by atoms with Gasteiger partial charge < -0.3 is 5.73 Å². The summed E-state index contributed by atoms with van der Waals surface area (Å²) in [4.78, 5) is 2.60. The zero-order valence-corrected chi connectivity index (χ0v) is 9.68. The maximum Gasteiger partial charge on any atom is 0.0172 e. The van der Waals surface area contributed by atoms with Crippen molar-refractivity contribution in [2.45, 2.75) is 37.3 Å². The maximum atomic E-state index is 6.03. The molecule has 16 heavy (non-hydrogen) atoms. The van der Waals surface area contributed by atoms with Crippen molar-refractivity contribution in [2.24, 2.45) is 5.73 Å². The normalized spacial score (nSPS) is 34.9. The molecule has 1 heterocycles. The number of benzene rings is 1. The zero-order valence-electron chi connectivity index (χ0n) is 9.68. The summed E-state index contributed by atoms with van der Waals surface area (Å²) in [6.45, 7) is 2.36. The molecule has 2 heteroatoms. The molecule has 0 aromatic heterocycles. The van der Waals surface area contributed by atoms with E-state index in [2.05, 4.69) is 35.2 Å². The molecule has 86 valence electrons. The monoisotopic (exact) mass is 216 g/mol. The van der Waals surface area contributed by atoms with E-state index in [9.17, 15) is 0 Å².